The molecule has 0 bridgehead atoms. The van der Waals surface area contributed by atoms with Crippen molar-refractivity contribution in [3.05, 3.63) is 77.1 Å². The third-order valence-corrected chi connectivity index (χ3v) is 6.38. The SMILES string of the molecule is CCCCCC(=O)CC(=O)C=Cc1cc(OC)c([O-])c([NH+]2C=C3N=CC=C3C2c2cccc(O)c2)c1. The average molecular weight is 487 g/mol. The van der Waals surface area contributed by atoms with Crippen molar-refractivity contribution in [1.82, 2.24) is 0 Å². The van der Waals surface area contributed by atoms with Gasteiger partial charge < -0.3 is 14.9 Å². The normalized spacial score (nSPS) is 18.3. The van der Waals surface area contributed by atoms with E-state index in [1.54, 1.807) is 42.6 Å². The summed E-state index contributed by atoms with van der Waals surface area (Å²) in [5.41, 5.74) is 3.61. The summed E-state index contributed by atoms with van der Waals surface area (Å²) in [6.45, 7) is 2.07. The first kappa shape index (κ1) is 25.1. The van der Waals surface area contributed by atoms with Crippen LogP contribution in [0, 0.1) is 0 Å². The second kappa shape index (κ2) is 11.2. The highest BCUT2D eigenvalue weighted by Gasteiger charge is 2.39. The lowest BCUT2D eigenvalue weighted by Gasteiger charge is -2.26. The first-order chi connectivity index (χ1) is 17.4. The molecule has 7 heteroatoms. The zero-order valence-corrected chi connectivity index (χ0v) is 20.5. The smallest absolute Gasteiger partial charge is 0.163 e. The van der Waals surface area contributed by atoms with Crippen molar-refractivity contribution in [3.63, 3.8) is 0 Å². The molecule has 4 rings (SSSR count). The van der Waals surface area contributed by atoms with E-state index in [-0.39, 0.29) is 41.3 Å². The predicted molar refractivity (Wildman–Crippen MR) is 136 cm³/mol. The van der Waals surface area contributed by atoms with E-state index >= 15 is 0 Å². The lowest BCUT2D eigenvalue weighted by atomic mass is 9.98. The summed E-state index contributed by atoms with van der Waals surface area (Å²) in [4.78, 5) is 29.6. The number of aliphatic imine (C=N–C) groups is 1. The van der Waals surface area contributed by atoms with E-state index in [4.69, 9.17) is 4.74 Å². The van der Waals surface area contributed by atoms with Gasteiger partial charge in [0.2, 0.25) is 0 Å². The second-order valence-electron chi connectivity index (χ2n) is 8.99. The second-order valence-corrected chi connectivity index (χ2v) is 8.99. The third-order valence-electron chi connectivity index (χ3n) is 6.38. The molecule has 0 aliphatic carbocycles. The van der Waals surface area contributed by atoms with Gasteiger partial charge in [-0.05, 0) is 48.1 Å². The molecule has 0 radical (unpaired) electrons. The third kappa shape index (κ3) is 5.47. The number of fused-ring (bicyclic) bond motifs is 1. The molecule has 0 spiro atoms. The Morgan fingerprint density at radius 2 is 2.06 bits per heavy atom. The van der Waals surface area contributed by atoms with Crippen LogP contribution in [-0.4, -0.2) is 30.0 Å². The molecule has 2 aromatic rings. The van der Waals surface area contributed by atoms with Crippen molar-refractivity contribution in [1.29, 1.82) is 0 Å². The summed E-state index contributed by atoms with van der Waals surface area (Å²) in [7, 11) is 1.43. The van der Waals surface area contributed by atoms with Gasteiger partial charge >= 0.3 is 0 Å². The number of methoxy groups -OCH3 is 1. The number of phenolic OH excluding ortho intramolecular Hbond substituents is 1. The van der Waals surface area contributed by atoms with E-state index in [1.165, 1.54) is 13.2 Å². The number of ketones is 2. The zero-order valence-electron chi connectivity index (χ0n) is 20.5. The highest BCUT2D eigenvalue weighted by atomic mass is 16.5. The molecular weight excluding hydrogens is 456 g/mol. The van der Waals surface area contributed by atoms with Crippen LogP contribution < -0.4 is 14.7 Å². The van der Waals surface area contributed by atoms with Crippen LogP contribution in [0.15, 0.2) is 71.0 Å². The number of phenols is 1. The molecule has 0 amide bonds. The Labute approximate surface area is 210 Å². The number of quaternary nitrogens is 1. The van der Waals surface area contributed by atoms with Gasteiger partial charge in [-0.2, -0.15) is 0 Å². The summed E-state index contributed by atoms with van der Waals surface area (Å²) >= 11 is 0. The number of hydrogen-bond donors (Lipinski definition) is 2. The number of benzene rings is 2. The Morgan fingerprint density at radius 1 is 1.22 bits per heavy atom. The van der Waals surface area contributed by atoms with E-state index in [1.807, 2.05) is 18.3 Å². The molecule has 2 aliphatic heterocycles. The van der Waals surface area contributed by atoms with Crippen LogP contribution in [0.2, 0.25) is 0 Å². The van der Waals surface area contributed by atoms with E-state index in [9.17, 15) is 19.8 Å². The van der Waals surface area contributed by atoms with Crippen molar-refractivity contribution in [2.24, 2.45) is 4.99 Å². The van der Waals surface area contributed by atoms with E-state index in [2.05, 4.69) is 11.9 Å². The monoisotopic (exact) mass is 486 g/mol. The summed E-state index contributed by atoms with van der Waals surface area (Å²) in [5.74, 6) is -0.308. The highest BCUT2D eigenvalue weighted by Crippen LogP contribution is 2.38. The summed E-state index contributed by atoms with van der Waals surface area (Å²) < 4.78 is 5.36. The first-order valence-corrected chi connectivity index (χ1v) is 12.2. The molecule has 2 aliphatic rings. The summed E-state index contributed by atoms with van der Waals surface area (Å²) in [6, 6.07) is 9.99. The number of hydrogen-bond acceptors (Lipinski definition) is 6. The number of Topliss-reactive ketones (excluding diaryl/α,β-unsaturated/α-hetero) is 1. The topological polar surface area (TPSA) is 103 Å². The van der Waals surface area contributed by atoms with Gasteiger partial charge in [0.25, 0.3) is 0 Å². The number of unbranched alkanes of at least 4 members (excludes halogenated alkanes) is 2. The van der Waals surface area contributed by atoms with Crippen molar-refractivity contribution in [2.75, 3.05) is 7.11 Å². The quantitative estimate of drug-likeness (QED) is 0.286. The Bertz CT molecular complexity index is 1290. The average Bonchev–Trinajstić information content (AvgIpc) is 3.45. The van der Waals surface area contributed by atoms with Crippen LogP contribution in [0.4, 0.5) is 5.69 Å². The summed E-state index contributed by atoms with van der Waals surface area (Å²) in [6.07, 6.45) is 11.6. The number of rotatable bonds is 11. The summed E-state index contributed by atoms with van der Waals surface area (Å²) in [5, 5.41) is 23.4. The number of allylic oxidation sites excluding steroid dienone is 2. The molecule has 0 fully saturated rings. The van der Waals surface area contributed by atoms with E-state index < -0.39 is 0 Å². The minimum absolute atomic E-state index is 0.0614. The maximum absolute atomic E-state index is 13.3. The van der Waals surface area contributed by atoms with Gasteiger partial charge in [-0.3, -0.25) is 19.5 Å². The number of carbonyl (C=O) groups excluding carboxylic acids is 2. The van der Waals surface area contributed by atoms with Crippen molar-refractivity contribution in [2.45, 2.75) is 45.1 Å². The maximum Gasteiger partial charge on any atom is 0.163 e. The molecule has 2 aromatic carbocycles. The van der Waals surface area contributed by atoms with Gasteiger partial charge in [-0.25, -0.2) is 0 Å². The highest BCUT2D eigenvalue weighted by molar-refractivity contribution is 6.06. The Morgan fingerprint density at radius 3 is 2.81 bits per heavy atom. The number of ether oxygens (including phenoxy) is 1. The maximum atomic E-state index is 13.3. The van der Waals surface area contributed by atoms with Gasteiger partial charge in [0.1, 0.15) is 34.9 Å². The van der Waals surface area contributed by atoms with E-state index in [0.717, 1.165) is 41.0 Å². The molecule has 2 atom stereocenters. The molecule has 2 heterocycles. The van der Waals surface area contributed by atoms with Gasteiger partial charge in [-0.15, -0.1) is 0 Å². The minimum Gasteiger partial charge on any atom is -0.866 e. The first-order valence-electron chi connectivity index (χ1n) is 12.2. The molecule has 0 aromatic heterocycles. The van der Waals surface area contributed by atoms with Crippen molar-refractivity contribution < 1.29 is 29.4 Å². The van der Waals surface area contributed by atoms with Gasteiger partial charge in [-0.1, -0.05) is 38.0 Å². The van der Waals surface area contributed by atoms with Crippen LogP contribution in [0.5, 0.6) is 17.2 Å². The van der Waals surface area contributed by atoms with Crippen LogP contribution in [0.3, 0.4) is 0 Å². The van der Waals surface area contributed by atoms with Crippen LogP contribution >= 0.6 is 0 Å². The molecule has 0 saturated carbocycles. The fourth-order valence-corrected chi connectivity index (χ4v) is 4.61. The Balaban J connectivity index is 1.63. The Kier molecular flexibility index (Phi) is 7.80. The zero-order chi connectivity index (χ0) is 25.7. The largest absolute Gasteiger partial charge is 0.866 e. The molecule has 36 heavy (non-hydrogen) atoms. The molecule has 2 unspecified atom stereocenters. The molecule has 0 saturated heterocycles. The number of carbonyl (C=O) groups is 2. The number of aromatic hydroxyl groups is 1. The molecule has 7 nitrogen and oxygen atoms in total. The predicted octanol–water partition coefficient (Wildman–Crippen LogP) is 3.72. The van der Waals surface area contributed by atoms with Crippen LogP contribution in [0.1, 0.15) is 56.2 Å². The van der Waals surface area contributed by atoms with Crippen molar-refractivity contribution in [3.8, 4) is 17.2 Å². The molecule has 186 valence electrons. The van der Waals surface area contributed by atoms with Crippen LogP contribution in [0.25, 0.3) is 6.08 Å². The standard InChI is InChI=1S/C29H30N2O5/c1-3-4-5-8-22(33)17-23(34)11-10-19-14-26(29(35)27(15-19)36-2)31-18-25-24(12-13-30-25)28(31)20-7-6-9-21(32)16-20/h6-7,9-16,18,28,32,35H,3-5,8,17H2,1-2H3. The van der Waals surface area contributed by atoms with Crippen molar-refractivity contribution >= 4 is 29.5 Å². The molecular formula is C29H30N2O5. The van der Waals surface area contributed by atoms with Gasteiger partial charge in [0.05, 0.1) is 13.5 Å². The number of nitrogens with one attached hydrogen (secondary N) is 1. The minimum atomic E-state index is -0.284. The lowest BCUT2D eigenvalue weighted by molar-refractivity contribution is -0.801. The lowest BCUT2D eigenvalue weighted by Crippen LogP contribution is -3.01. The van der Waals surface area contributed by atoms with Gasteiger partial charge in [0.15, 0.2) is 11.8 Å². The molecule has 2 N–H and O–H groups in total. The van der Waals surface area contributed by atoms with E-state index in [0.29, 0.717) is 17.7 Å². The number of nitrogens with zero attached hydrogens (tertiary/aromatic N) is 1. The van der Waals surface area contributed by atoms with Crippen LogP contribution in [-0.2, 0) is 9.59 Å². The Hall–Kier alpha value is -3.97. The van der Waals surface area contributed by atoms with Gasteiger partial charge in [0, 0.05) is 29.8 Å². The fraction of sp³-hybridized carbons (Fsp3) is 0.276. The fourth-order valence-electron chi connectivity index (χ4n) is 4.61.